The fraction of sp³-hybridized carbons (Fsp3) is 0.415. The molecular weight excluding hydrogens is 680 g/mol. The van der Waals surface area contributed by atoms with Gasteiger partial charge in [0.1, 0.15) is 36.6 Å². The van der Waals surface area contributed by atoms with Gasteiger partial charge in [-0.25, -0.2) is 4.79 Å². The Morgan fingerprint density at radius 2 is 1.47 bits per heavy atom. The van der Waals surface area contributed by atoms with E-state index in [1.54, 1.807) is 0 Å². The number of carbonyl (C=O) groups excluding carboxylic acids is 4. The first-order valence-electron chi connectivity index (χ1n) is 18.1. The first-order chi connectivity index (χ1) is 25.6. The minimum absolute atomic E-state index is 0.00455. The quantitative estimate of drug-likeness (QED) is 0.0660. The van der Waals surface area contributed by atoms with E-state index in [-0.39, 0.29) is 62.4 Å². The van der Waals surface area contributed by atoms with Crippen LogP contribution >= 0.6 is 0 Å². The second-order valence-electron chi connectivity index (χ2n) is 13.7. The van der Waals surface area contributed by atoms with E-state index in [9.17, 15) is 28.8 Å². The number of rotatable bonds is 18. The molecule has 1 aliphatic heterocycles. The molecule has 278 valence electrons. The largest absolute Gasteiger partial charge is 0.463 e. The number of aromatic amines is 1. The molecule has 6 rings (SSSR count). The predicted octanol–water partition coefficient (Wildman–Crippen LogP) is 5.84. The molecule has 0 aliphatic carbocycles. The summed E-state index contributed by atoms with van der Waals surface area (Å²) in [5.74, 6) is -1.60. The van der Waals surface area contributed by atoms with E-state index >= 15 is 0 Å². The summed E-state index contributed by atoms with van der Waals surface area (Å²) >= 11 is 0. The van der Waals surface area contributed by atoms with Crippen LogP contribution in [0.3, 0.4) is 0 Å². The molecule has 53 heavy (non-hydrogen) atoms. The third-order valence-corrected chi connectivity index (χ3v) is 9.70. The number of hydrogen-bond acceptors (Lipinski definition) is 10. The Bertz CT molecular complexity index is 2220. The van der Waals surface area contributed by atoms with Crippen molar-refractivity contribution in [1.29, 1.82) is 0 Å². The zero-order chi connectivity index (χ0) is 37.5. The molecule has 0 spiro atoms. The van der Waals surface area contributed by atoms with Gasteiger partial charge in [0.05, 0.1) is 25.0 Å². The maximum absolute atomic E-state index is 12.9. The number of nitrogens with one attached hydrogen (secondary N) is 1. The Labute approximate surface area is 305 Å². The normalized spacial score (nSPS) is 17.1. The molecule has 1 saturated heterocycles. The molecule has 1 aliphatic rings. The fourth-order valence-corrected chi connectivity index (χ4v) is 6.91. The lowest BCUT2D eigenvalue weighted by molar-refractivity contribution is -0.159. The highest BCUT2D eigenvalue weighted by molar-refractivity contribution is 6.23. The molecule has 0 saturated carbocycles. The van der Waals surface area contributed by atoms with E-state index in [0.29, 0.717) is 6.61 Å². The summed E-state index contributed by atoms with van der Waals surface area (Å²) in [4.78, 5) is 75.1. The highest BCUT2D eigenvalue weighted by Crippen LogP contribution is 2.36. The smallest absolute Gasteiger partial charge is 0.330 e. The number of unbranched alkanes of at least 4 members (excludes halogenated alkanes) is 2. The van der Waals surface area contributed by atoms with Crippen molar-refractivity contribution in [3.05, 3.63) is 92.8 Å². The first kappa shape index (κ1) is 37.6. The van der Waals surface area contributed by atoms with Crippen molar-refractivity contribution in [2.24, 2.45) is 0 Å². The molecule has 3 atom stereocenters. The molecule has 1 fully saturated rings. The topological polar surface area (TPSA) is 160 Å². The van der Waals surface area contributed by atoms with Crippen LogP contribution in [0.4, 0.5) is 0 Å². The van der Waals surface area contributed by atoms with Gasteiger partial charge in [-0.3, -0.25) is 23.9 Å². The van der Waals surface area contributed by atoms with E-state index in [1.165, 1.54) is 62.5 Å². The van der Waals surface area contributed by atoms with E-state index in [4.69, 9.17) is 18.9 Å². The van der Waals surface area contributed by atoms with Crippen molar-refractivity contribution in [1.82, 2.24) is 9.55 Å². The summed E-state index contributed by atoms with van der Waals surface area (Å²) in [6.45, 7) is 2.84. The third kappa shape index (κ3) is 9.24. The van der Waals surface area contributed by atoms with Crippen LogP contribution in [0.25, 0.3) is 32.3 Å². The van der Waals surface area contributed by atoms with Gasteiger partial charge >= 0.3 is 17.6 Å². The summed E-state index contributed by atoms with van der Waals surface area (Å²) in [6, 6.07) is 19.6. The lowest BCUT2D eigenvalue weighted by Gasteiger charge is -2.19. The van der Waals surface area contributed by atoms with Crippen LogP contribution in [0.15, 0.2) is 70.4 Å². The Morgan fingerprint density at radius 1 is 0.792 bits per heavy atom. The Hall–Kier alpha value is -5.20. The number of aryl methyl sites for hydroxylation is 1. The van der Waals surface area contributed by atoms with Crippen LogP contribution in [0, 0.1) is 0 Å². The number of carbonyl (C=O) groups is 4. The van der Waals surface area contributed by atoms with Gasteiger partial charge < -0.3 is 28.5 Å². The summed E-state index contributed by atoms with van der Waals surface area (Å²) in [5.41, 5.74) is 0.231. The second-order valence-corrected chi connectivity index (χ2v) is 13.7. The van der Waals surface area contributed by atoms with Gasteiger partial charge in [0, 0.05) is 32.1 Å². The van der Waals surface area contributed by atoms with Gasteiger partial charge in [-0.05, 0) is 71.0 Å². The molecule has 2 heterocycles. The summed E-state index contributed by atoms with van der Waals surface area (Å²) < 4.78 is 23.9. The summed E-state index contributed by atoms with van der Waals surface area (Å²) in [6.07, 6.45) is 2.03. The third-order valence-electron chi connectivity index (χ3n) is 9.70. The number of esters is 2. The Morgan fingerprint density at radius 3 is 2.21 bits per heavy atom. The number of Topliss-reactive ketones (excluding diaryl/α,β-unsaturated/α-hetero) is 2. The molecule has 1 N–H and O–H groups in total. The average molecular weight is 725 g/mol. The van der Waals surface area contributed by atoms with Crippen LogP contribution < -0.4 is 11.2 Å². The average Bonchev–Trinajstić information content (AvgIpc) is 3.53. The number of ether oxygens (including phenoxy) is 4. The number of H-pyrrole nitrogens is 1. The molecule has 12 heteroatoms. The maximum Gasteiger partial charge on any atom is 0.330 e. The highest BCUT2D eigenvalue weighted by atomic mass is 16.6. The van der Waals surface area contributed by atoms with Crippen molar-refractivity contribution in [3.8, 4) is 0 Å². The molecule has 12 nitrogen and oxygen atoms in total. The van der Waals surface area contributed by atoms with Crippen molar-refractivity contribution < 1.29 is 38.1 Å². The van der Waals surface area contributed by atoms with E-state index in [2.05, 4.69) is 59.6 Å². The second kappa shape index (κ2) is 17.1. The SMILES string of the molecule is CC(=O)CCC(=O)OCC1OC(n2cc(COCCCCCc3ccc4ccc5cccc6ccc3c4c56)c(=O)[nH]c2=O)CC1OC(=O)CCC(C)=O. The highest BCUT2D eigenvalue weighted by Gasteiger charge is 2.40. The lowest BCUT2D eigenvalue weighted by atomic mass is 9.90. The van der Waals surface area contributed by atoms with Gasteiger partial charge in [0.15, 0.2) is 0 Å². The van der Waals surface area contributed by atoms with Crippen molar-refractivity contribution in [2.45, 2.75) is 96.7 Å². The van der Waals surface area contributed by atoms with E-state index < -0.39 is 41.6 Å². The van der Waals surface area contributed by atoms with Crippen LogP contribution in [0.2, 0.25) is 0 Å². The van der Waals surface area contributed by atoms with Crippen LogP contribution in [0.5, 0.6) is 0 Å². The predicted molar refractivity (Wildman–Crippen MR) is 198 cm³/mol. The van der Waals surface area contributed by atoms with Crippen LogP contribution in [-0.2, 0) is 51.2 Å². The molecule has 1 aromatic heterocycles. The van der Waals surface area contributed by atoms with Gasteiger partial charge in [-0.2, -0.15) is 0 Å². The van der Waals surface area contributed by atoms with E-state index in [1.807, 2.05) is 0 Å². The molecular formula is C41H44N2O10. The monoisotopic (exact) mass is 724 g/mol. The zero-order valence-corrected chi connectivity index (χ0v) is 30.0. The number of ketones is 2. The molecule has 0 radical (unpaired) electrons. The molecule has 4 aromatic carbocycles. The minimum Gasteiger partial charge on any atom is -0.463 e. The Kier molecular flexibility index (Phi) is 12.1. The standard InChI is InChI=1S/C41H44N2O10/c1-25(44)10-18-36(46)51-24-34-33(53-37(47)19-11-26(2)45)21-35(52-34)43-22-31(40(48)42-41(43)49)23-50-20-5-3-4-7-27-12-13-30-15-14-28-8-6-9-29-16-17-32(27)39(30)38(28)29/h6,8-9,12-17,22,33-35H,3-5,7,10-11,18-21,23-24H2,1-2H3,(H,42,48,49). The molecule has 3 unspecified atom stereocenters. The number of benzene rings is 4. The summed E-state index contributed by atoms with van der Waals surface area (Å²) in [5, 5.41) is 7.66. The molecule has 5 aromatic rings. The van der Waals surface area contributed by atoms with Crippen molar-refractivity contribution >= 4 is 55.8 Å². The van der Waals surface area contributed by atoms with Crippen molar-refractivity contribution in [2.75, 3.05) is 13.2 Å². The number of hydrogen-bond donors (Lipinski definition) is 1. The summed E-state index contributed by atoms with van der Waals surface area (Å²) in [7, 11) is 0. The van der Waals surface area contributed by atoms with Crippen LogP contribution in [0.1, 0.15) is 82.6 Å². The van der Waals surface area contributed by atoms with Gasteiger partial charge in [0.2, 0.25) is 0 Å². The molecule has 0 amide bonds. The van der Waals surface area contributed by atoms with E-state index in [0.717, 1.165) is 25.7 Å². The zero-order valence-electron chi connectivity index (χ0n) is 30.0. The van der Waals surface area contributed by atoms with Crippen molar-refractivity contribution in [3.63, 3.8) is 0 Å². The van der Waals surface area contributed by atoms with Gasteiger partial charge in [0.25, 0.3) is 5.56 Å². The Balaban J connectivity index is 1.03. The van der Waals surface area contributed by atoms with Gasteiger partial charge in [-0.15, -0.1) is 0 Å². The molecule has 0 bridgehead atoms. The lowest BCUT2D eigenvalue weighted by Crippen LogP contribution is -2.34. The minimum atomic E-state index is -0.954. The number of nitrogens with zero attached hydrogens (tertiary/aromatic N) is 1. The number of aromatic nitrogens is 2. The van der Waals surface area contributed by atoms with Gasteiger partial charge in [-0.1, -0.05) is 61.0 Å². The van der Waals surface area contributed by atoms with Crippen LogP contribution in [-0.4, -0.2) is 58.5 Å². The first-order valence-corrected chi connectivity index (χ1v) is 18.1. The maximum atomic E-state index is 12.9. The fourth-order valence-electron chi connectivity index (χ4n) is 6.91.